The van der Waals surface area contributed by atoms with Gasteiger partial charge >= 0.3 is 0 Å². The summed E-state index contributed by atoms with van der Waals surface area (Å²) in [6, 6.07) is 4.07. The highest BCUT2D eigenvalue weighted by Crippen LogP contribution is 2.32. The number of fused-ring (bicyclic) bond motifs is 1. The summed E-state index contributed by atoms with van der Waals surface area (Å²) in [5, 5.41) is 19.8. The lowest BCUT2D eigenvalue weighted by Crippen LogP contribution is -2.37. The molecular weight excluding hydrogens is 574 g/mol. The summed E-state index contributed by atoms with van der Waals surface area (Å²) >= 11 is 4.82. The van der Waals surface area contributed by atoms with E-state index in [0.29, 0.717) is 25.6 Å². The normalized spacial score (nSPS) is 14.1. The van der Waals surface area contributed by atoms with Crippen LogP contribution >= 0.6 is 12.6 Å². The number of hydrogen-bond donors (Lipinski definition) is 5. The topological polar surface area (TPSA) is 132 Å². The number of hydrogen-bond acceptors (Lipinski definition) is 10. The van der Waals surface area contributed by atoms with Gasteiger partial charge in [-0.05, 0) is 51.6 Å². The van der Waals surface area contributed by atoms with E-state index in [0.717, 1.165) is 65.2 Å². The molecule has 2 unspecified atom stereocenters. The minimum atomic E-state index is -0.311. The van der Waals surface area contributed by atoms with Crippen molar-refractivity contribution in [3.63, 3.8) is 0 Å². The highest BCUT2D eigenvalue weighted by atomic mass is 32.1. The van der Waals surface area contributed by atoms with Crippen molar-refractivity contribution in [2.24, 2.45) is 4.99 Å². The van der Waals surface area contributed by atoms with Crippen molar-refractivity contribution in [2.75, 3.05) is 44.9 Å². The van der Waals surface area contributed by atoms with E-state index in [4.69, 9.17) is 37.5 Å². The number of aliphatic imine (C=N–C) groups is 1. The second-order valence-corrected chi connectivity index (χ2v) is 9.56. The first kappa shape index (κ1) is 40.9. The number of ether oxygens (including phenoxy) is 1. The lowest BCUT2D eigenvalue weighted by atomic mass is 10.1. The van der Waals surface area contributed by atoms with Gasteiger partial charge in [-0.15, -0.1) is 12.6 Å². The van der Waals surface area contributed by atoms with Gasteiger partial charge in [-0.25, -0.2) is 15.0 Å². The average Bonchev–Trinajstić information content (AvgIpc) is 3.55. The molecule has 0 spiro atoms. The van der Waals surface area contributed by atoms with Crippen molar-refractivity contribution in [3.05, 3.63) is 48.4 Å². The molecule has 0 aromatic carbocycles. The van der Waals surface area contributed by atoms with Crippen LogP contribution in [0.3, 0.4) is 0 Å². The van der Waals surface area contributed by atoms with Crippen LogP contribution in [0.4, 0.5) is 5.82 Å². The van der Waals surface area contributed by atoms with E-state index in [2.05, 4.69) is 70.0 Å². The number of rotatable bonds is 9. The molecule has 3 aromatic rings. The van der Waals surface area contributed by atoms with Crippen LogP contribution in [0.5, 0.6) is 0 Å². The number of H-pyrrole nitrogens is 1. The smallest absolute Gasteiger partial charge is 0.163 e. The Hall–Kier alpha value is -3.09. The van der Waals surface area contributed by atoms with Crippen molar-refractivity contribution in [2.45, 2.75) is 79.0 Å². The molecule has 1 aliphatic heterocycles. The molecule has 1 saturated heterocycles. The molecule has 0 amide bonds. The molecule has 4 heterocycles. The van der Waals surface area contributed by atoms with Gasteiger partial charge in [-0.3, -0.25) is 10.3 Å². The number of allylic oxidation sites excluding steroid dienone is 4. The Balaban J connectivity index is 0.00000105. The van der Waals surface area contributed by atoms with Crippen LogP contribution < -0.4 is 10.2 Å². The first-order valence-electron chi connectivity index (χ1n) is 15.4. The minimum Gasteiger partial charge on any atom is -0.400 e. The third-order valence-electron chi connectivity index (χ3n) is 5.91. The zero-order valence-corrected chi connectivity index (χ0v) is 29.0. The van der Waals surface area contributed by atoms with E-state index in [1.807, 2.05) is 53.1 Å². The van der Waals surface area contributed by atoms with Crippen LogP contribution in [0, 0.1) is 0 Å². The Kier molecular flexibility index (Phi) is 22.6. The molecule has 0 bridgehead atoms. The summed E-state index contributed by atoms with van der Waals surface area (Å²) in [6.07, 6.45) is 10.7. The van der Waals surface area contributed by atoms with Crippen LogP contribution in [0.25, 0.3) is 28.0 Å². The maximum absolute atomic E-state index is 8.77. The third-order valence-corrected chi connectivity index (χ3v) is 6.32. The average molecular weight is 630 g/mol. The van der Waals surface area contributed by atoms with Gasteiger partial charge in [0.05, 0.1) is 36.1 Å². The van der Waals surface area contributed by atoms with Gasteiger partial charge in [0.2, 0.25) is 0 Å². The van der Waals surface area contributed by atoms with Gasteiger partial charge in [0.15, 0.2) is 5.82 Å². The number of aromatic nitrogens is 4. The van der Waals surface area contributed by atoms with Gasteiger partial charge in [0.25, 0.3) is 0 Å². The fourth-order valence-corrected chi connectivity index (χ4v) is 4.16. The monoisotopic (exact) mass is 629 g/mol. The first-order valence-corrected chi connectivity index (χ1v) is 15.8. The third kappa shape index (κ3) is 13.7. The second kappa shape index (κ2) is 24.3. The van der Waals surface area contributed by atoms with Crippen LogP contribution in [-0.2, 0) is 4.74 Å². The summed E-state index contributed by atoms with van der Waals surface area (Å²) in [7, 11) is 1.00. The molecular formula is C33H55N7O3S. The van der Waals surface area contributed by atoms with Crippen LogP contribution in [0.15, 0.2) is 52.6 Å². The van der Waals surface area contributed by atoms with E-state index in [9.17, 15) is 0 Å². The Labute approximate surface area is 270 Å². The Morgan fingerprint density at radius 2 is 1.86 bits per heavy atom. The molecule has 2 atom stereocenters. The number of anilines is 1. The van der Waals surface area contributed by atoms with Crippen molar-refractivity contribution in [1.29, 1.82) is 0 Å². The summed E-state index contributed by atoms with van der Waals surface area (Å²) in [5.41, 5.74) is 3.63. The minimum absolute atomic E-state index is 0.0413. The number of aliphatic hydroxyl groups is 2. The number of nitrogens with one attached hydrogen (secondary N) is 2. The summed E-state index contributed by atoms with van der Waals surface area (Å²) < 4.78 is 5.51. The number of morpholine rings is 1. The first-order chi connectivity index (χ1) is 21.3. The molecule has 11 heteroatoms. The predicted octanol–water partition coefficient (Wildman–Crippen LogP) is 6.18. The van der Waals surface area contributed by atoms with E-state index >= 15 is 0 Å². The SMILES string of the molecule is C=NC(C)NCC(C)O.CC.CC.CC/C=C/C=C(\C)c1nc(-c2cnc3[nH]ccc3c2)nc(N2CCOCC2)c1S.CO. The lowest BCUT2D eigenvalue weighted by Gasteiger charge is -2.29. The zero-order valence-electron chi connectivity index (χ0n) is 28.1. The number of nitrogens with zero attached hydrogens (tertiary/aromatic N) is 5. The zero-order chi connectivity index (χ0) is 33.5. The summed E-state index contributed by atoms with van der Waals surface area (Å²) in [5.74, 6) is 1.50. The van der Waals surface area contributed by atoms with Gasteiger partial charge in [0, 0.05) is 50.1 Å². The number of aliphatic hydroxyl groups excluding tert-OH is 2. The molecule has 0 aliphatic carbocycles. The summed E-state index contributed by atoms with van der Waals surface area (Å²) in [4.78, 5) is 24.1. The van der Waals surface area contributed by atoms with Crippen molar-refractivity contribution in [1.82, 2.24) is 25.3 Å². The largest absolute Gasteiger partial charge is 0.400 e. The van der Waals surface area contributed by atoms with E-state index in [1.165, 1.54) is 0 Å². The molecule has 3 aromatic heterocycles. The fourth-order valence-electron chi connectivity index (χ4n) is 3.74. The Bertz CT molecular complexity index is 1260. The van der Waals surface area contributed by atoms with Crippen LogP contribution in [0.1, 0.15) is 67.5 Å². The van der Waals surface area contributed by atoms with Crippen molar-refractivity contribution >= 4 is 41.8 Å². The lowest BCUT2D eigenvalue weighted by molar-refractivity contribution is 0.122. The summed E-state index contributed by atoms with van der Waals surface area (Å²) in [6.45, 7) is 22.7. The van der Waals surface area contributed by atoms with Crippen LogP contribution in [-0.4, -0.2) is 89.1 Å². The molecule has 44 heavy (non-hydrogen) atoms. The standard InChI is InChI=1S/C22H25N5OS.C6H14N2O.2C2H6.CH4O/c1-3-4-5-6-15(2)18-19(29)22(27-9-11-28-12-10-27)26-21(25-18)17-13-16-7-8-23-20(16)24-14-17;1-5(9)4-8-6(2)7-3;3*1-2/h4-8,13-14,29H,3,9-12H2,1-2H3,(H,23,24);5-6,8-9H,3-4H2,1-2H3;2*1-2H3;2H,1H3/b5-4+,15-6+;;;;. The van der Waals surface area contributed by atoms with Crippen molar-refractivity contribution in [3.8, 4) is 11.4 Å². The molecule has 10 nitrogen and oxygen atoms in total. The highest BCUT2D eigenvalue weighted by Gasteiger charge is 2.21. The number of aromatic amines is 1. The van der Waals surface area contributed by atoms with Gasteiger partial charge in [-0.2, -0.15) is 0 Å². The molecule has 1 aliphatic rings. The highest BCUT2D eigenvalue weighted by molar-refractivity contribution is 7.80. The molecule has 246 valence electrons. The van der Waals surface area contributed by atoms with E-state index in [-0.39, 0.29) is 12.3 Å². The van der Waals surface area contributed by atoms with Gasteiger partial charge < -0.3 is 24.8 Å². The number of thiol groups is 1. The predicted molar refractivity (Wildman–Crippen MR) is 190 cm³/mol. The Morgan fingerprint density at radius 3 is 2.45 bits per heavy atom. The van der Waals surface area contributed by atoms with Gasteiger partial charge in [0.1, 0.15) is 11.5 Å². The number of pyridine rings is 1. The fraction of sp³-hybridized carbons (Fsp3) is 0.515. The molecule has 4 rings (SSSR count). The van der Waals surface area contributed by atoms with E-state index in [1.54, 1.807) is 6.92 Å². The maximum atomic E-state index is 8.77. The Morgan fingerprint density at radius 1 is 1.20 bits per heavy atom. The molecule has 4 N–H and O–H groups in total. The maximum Gasteiger partial charge on any atom is 0.163 e. The van der Waals surface area contributed by atoms with Gasteiger partial charge in [-0.1, -0.05) is 52.8 Å². The van der Waals surface area contributed by atoms with E-state index < -0.39 is 0 Å². The molecule has 0 radical (unpaired) electrons. The second-order valence-electron chi connectivity index (χ2n) is 9.11. The van der Waals surface area contributed by atoms with Crippen molar-refractivity contribution < 1.29 is 14.9 Å². The quantitative estimate of drug-likeness (QED) is 0.108. The molecule has 1 fully saturated rings. The molecule has 0 saturated carbocycles. The van der Waals surface area contributed by atoms with Crippen LogP contribution in [0.2, 0.25) is 0 Å².